The second-order valence-corrected chi connectivity index (χ2v) is 7.08. The van der Waals surface area contributed by atoms with Gasteiger partial charge in [-0.15, -0.1) is 0 Å². The normalized spacial score (nSPS) is 34.7. The Labute approximate surface area is 120 Å². The number of rotatable bonds is 7. The summed E-state index contributed by atoms with van der Waals surface area (Å²) in [5.74, 6) is 0. The van der Waals surface area contributed by atoms with E-state index in [1.54, 1.807) is 0 Å². The molecule has 2 aliphatic carbocycles. The van der Waals surface area contributed by atoms with E-state index in [4.69, 9.17) is 0 Å². The van der Waals surface area contributed by atoms with Crippen LogP contribution >= 0.6 is 0 Å². The Morgan fingerprint density at radius 2 is 1.79 bits per heavy atom. The van der Waals surface area contributed by atoms with Gasteiger partial charge in [-0.1, -0.05) is 26.7 Å². The lowest BCUT2D eigenvalue weighted by Gasteiger charge is -2.52. The van der Waals surface area contributed by atoms with E-state index in [-0.39, 0.29) is 0 Å². The molecule has 0 atom stereocenters. The fourth-order valence-electron chi connectivity index (χ4n) is 4.28. The van der Waals surface area contributed by atoms with E-state index in [0.29, 0.717) is 0 Å². The standard InChI is InChI=1S/C17H34N2/c1-4-6-7-12-19(3)16-8-10-17(11-9-16)13-15(14-17)18-5-2/h15-16,18H,4-14H2,1-3H3/t15-,16-,17?. The molecule has 19 heavy (non-hydrogen) atoms. The number of hydrogen-bond acceptors (Lipinski definition) is 2. The van der Waals surface area contributed by atoms with E-state index in [1.807, 2.05) is 0 Å². The van der Waals surface area contributed by atoms with Gasteiger partial charge in [-0.2, -0.15) is 0 Å². The zero-order valence-corrected chi connectivity index (χ0v) is 13.4. The quantitative estimate of drug-likeness (QED) is 0.705. The van der Waals surface area contributed by atoms with Gasteiger partial charge in [0.05, 0.1) is 0 Å². The number of nitrogens with zero attached hydrogens (tertiary/aromatic N) is 1. The third-order valence-electron chi connectivity index (χ3n) is 5.61. The molecular weight excluding hydrogens is 232 g/mol. The Morgan fingerprint density at radius 1 is 1.11 bits per heavy atom. The molecule has 0 aromatic carbocycles. The second-order valence-electron chi connectivity index (χ2n) is 7.08. The molecule has 2 fully saturated rings. The molecule has 2 nitrogen and oxygen atoms in total. The molecule has 2 aliphatic rings. The summed E-state index contributed by atoms with van der Waals surface area (Å²) < 4.78 is 0. The molecule has 0 heterocycles. The van der Waals surface area contributed by atoms with Crippen LogP contribution in [0.1, 0.15) is 71.6 Å². The zero-order valence-electron chi connectivity index (χ0n) is 13.4. The van der Waals surface area contributed by atoms with Gasteiger partial charge >= 0.3 is 0 Å². The Morgan fingerprint density at radius 3 is 2.37 bits per heavy atom. The zero-order chi connectivity index (χ0) is 13.7. The smallest absolute Gasteiger partial charge is 0.00926 e. The van der Waals surface area contributed by atoms with E-state index in [1.165, 1.54) is 64.3 Å². The lowest BCUT2D eigenvalue weighted by atomic mass is 9.57. The summed E-state index contributed by atoms with van der Waals surface area (Å²) in [5.41, 5.74) is 0.744. The average molecular weight is 266 g/mol. The second kappa shape index (κ2) is 7.08. The van der Waals surface area contributed by atoms with E-state index in [0.717, 1.165) is 24.0 Å². The molecule has 1 N–H and O–H groups in total. The highest BCUT2D eigenvalue weighted by Gasteiger charge is 2.45. The Bertz CT molecular complexity index is 248. The van der Waals surface area contributed by atoms with Crippen molar-refractivity contribution < 1.29 is 0 Å². The van der Waals surface area contributed by atoms with Crippen molar-refractivity contribution in [2.24, 2.45) is 5.41 Å². The first-order valence-corrected chi connectivity index (χ1v) is 8.63. The highest BCUT2D eigenvalue weighted by molar-refractivity contribution is 5.00. The third-order valence-corrected chi connectivity index (χ3v) is 5.61. The maximum Gasteiger partial charge on any atom is 0.00926 e. The van der Waals surface area contributed by atoms with Crippen LogP contribution in [-0.4, -0.2) is 37.1 Å². The van der Waals surface area contributed by atoms with Gasteiger partial charge in [0, 0.05) is 12.1 Å². The van der Waals surface area contributed by atoms with Gasteiger partial charge in [-0.05, 0) is 70.5 Å². The van der Waals surface area contributed by atoms with Crippen LogP contribution in [0.15, 0.2) is 0 Å². The predicted octanol–water partition coefficient (Wildman–Crippen LogP) is 3.81. The SMILES string of the molecule is CCCCCN(C)[C@H]1CCC2(CC1)C[C@H](NCC)C2. The van der Waals surface area contributed by atoms with Crippen LogP contribution in [0.2, 0.25) is 0 Å². The molecule has 0 saturated heterocycles. The van der Waals surface area contributed by atoms with Crippen molar-refractivity contribution in [3.63, 3.8) is 0 Å². The molecule has 2 rings (SSSR count). The molecule has 112 valence electrons. The highest BCUT2D eigenvalue weighted by Crippen LogP contribution is 2.52. The number of nitrogens with one attached hydrogen (secondary N) is 1. The van der Waals surface area contributed by atoms with Crippen molar-refractivity contribution in [3.8, 4) is 0 Å². The van der Waals surface area contributed by atoms with Crippen molar-refractivity contribution in [3.05, 3.63) is 0 Å². The Hall–Kier alpha value is -0.0800. The molecular formula is C17H34N2. The van der Waals surface area contributed by atoms with Crippen LogP contribution in [0, 0.1) is 5.41 Å². The third kappa shape index (κ3) is 3.95. The van der Waals surface area contributed by atoms with Crippen LogP contribution in [-0.2, 0) is 0 Å². The summed E-state index contributed by atoms with van der Waals surface area (Å²) in [7, 11) is 2.35. The maximum absolute atomic E-state index is 3.61. The molecule has 2 saturated carbocycles. The Kier molecular flexibility index (Phi) is 5.70. The minimum absolute atomic E-state index is 0.744. The van der Waals surface area contributed by atoms with Crippen LogP contribution < -0.4 is 5.32 Å². The summed E-state index contributed by atoms with van der Waals surface area (Å²) in [6.07, 6.45) is 12.9. The minimum atomic E-state index is 0.744. The van der Waals surface area contributed by atoms with Gasteiger partial charge in [0.25, 0.3) is 0 Å². The van der Waals surface area contributed by atoms with Crippen molar-refractivity contribution >= 4 is 0 Å². The molecule has 0 radical (unpaired) electrons. The predicted molar refractivity (Wildman–Crippen MR) is 83.5 cm³/mol. The molecule has 0 aliphatic heterocycles. The first-order valence-electron chi connectivity index (χ1n) is 8.63. The van der Waals surface area contributed by atoms with E-state index in [9.17, 15) is 0 Å². The van der Waals surface area contributed by atoms with E-state index >= 15 is 0 Å². The van der Waals surface area contributed by atoms with Gasteiger partial charge in [0.2, 0.25) is 0 Å². The van der Waals surface area contributed by atoms with Gasteiger partial charge in [0.1, 0.15) is 0 Å². The summed E-state index contributed by atoms with van der Waals surface area (Å²) in [6.45, 7) is 6.98. The summed E-state index contributed by atoms with van der Waals surface area (Å²) >= 11 is 0. The van der Waals surface area contributed by atoms with Crippen molar-refractivity contribution in [2.75, 3.05) is 20.1 Å². The molecule has 1 spiro atoms. The Balaban J connectivity index is 1.65. The van der Waals surface area contributed by atoms with E-state index in [2.05, 4.69) is 31.1 Å². The summed E-state index contributed by atoms with van der Waals surface area (Å²) in [4.78, 5) is 2.64. The first-order chi connectivity index (χ1) is 9.19. The monoisotopic (exact) mass is 266 g/mol. The highest BCUT2D eigenvalue weighted by atomic mass is 15.1. The van der Waals surface area contributed by atoms with Crippen LogP contribution in [0.4, 0.5) is 0 Å². The van der Waals surface area contributed by atoms with Crippen molar-refractivity contribution in [2.45, 2.75) is 83.7 Å². The molecule has 0 amide bonds. The van der Waals surface area contributed by atoms with Crippen LogP contribution in [0.25, 0.3) is 0 Å². The van der Waals surface area contributed by atoms with Crippen molar-refractivity contribution in [1.29, 1.82) is 0 Å². The van der Waals surface area contributed by atoms with Gasteiger partial charge < -0.3 is 10.2 Å². The van der Waals surface area contributed by atoms with Gasteiger partial charge in [0.15, 0.2) is 0 Å². The first kappa shape index (κ1) is 15.3. The molecule has 0 bridgehead atoms. The van der Waals surface area contributed by atoms with Crippen molar-refractivity contribution in [1.82, 2.24) is 10.2 Å². The topological polar surface area (TPSA) is 15.3 Å². The average Bonchev–Trinajstić information content (AvgIpc) is 2.38. The van der Waals surface area contributed by atoms with Gasteiger partial charge in [-0.25, -0.2) is 0 Å². The maximum atomic E-state index is 3.61. The summed E-state index contributed by atoms with van der Waals surface area (Å²) in [5, 5.41) is 3.61. The number of unbranched alkanes of at least 4 members (excludes halogenated alkanes) is 2. The van der Waals surface area contributed by atoms with Crippen LogP contribution in [0.3, 0.4) is 0 Å². The van der Waals surface area contributed by atoms with Gasteiger partial charge in [-0.3, -0.25) is 0 Å². The summed E-state index contributed by atoms with van der Waals surface area (Å²) in [6, 6.07) is 1.71. The molecule has 0 aromatic heterocycles. The fraction of sp³-hybridized carbons (Fsp3) is 1.00. The number of hydrogen-bond donors (Lipinski definition) is 1. The molecule has 0 unspecified atom stereocenters. The minimum Gasteiger partial charge on any atom is -0.314 e. The fourth-order valence-corrected chi connectivity index (χ4v) is 4.28. The lowest BCUT2D eigenvalue weighted by molar-refractivity contribution is 0.0109. The van der Waals surface area contributed by atoms with Crippen LogP contribution in [0.5, 0.6) is 0 Å². The largest absolute Gasteiger partial charge is 0.314 e. The molecule has 0 aromatic rings. The molecule has 2 heteroatoms. The van der Waals surface area contributed by atoms with E-state index < -0.39 is 0 Å². The lowest BCUT2D eigenvalue weighted by Crippen LogP contribution is -2.52.